The van der Waals surface area contributed by atoms with Gasteiger partial charge in [0.2, 0.25) is 10.0 Å². The van der Waals surface area contributed by atoms with Crippen LogP contribution in [0.4, 0.5) is 13.2 Å². The van der Waals surface area contributed by atoms with Crippen LogP contribution in [0, 0.1) is 0 Å². The highest BCUT2D eigenvalue weighted by Crippen LogP contribution is 2.26. The first-order chi connectivity index (χ1) is 8.15. The monoisotopic (exact) mass is 350 g/mol. The van der Waals surface area contributed by atoms with Crippen molar-refractivity contribution in [1.82, 2.24) is 10.0 Å². The minimum atomic E-state index is -4.61. The lowest BCUT2D eigenvalue weighted by atomic mass is 10.4. The van der Waals surface area contributed by atoms with E-state index in [1.807, 2.05) is 0 Å². The van der Waals surface area contributed by atoms with Crippen molar-refractivity contribution in [2.24, 2.45) is 0 Å². The van der Waals surface area contributed by atoms with Crippen LogP contribution >= 0.6 is 15.9 Å². The molecule has 0 aliphatic carbocycles. The first-order valence-corrected chi connectivity index (χ1v) is 6.92. The van der Waals surface area contributed by atoms with Crippen LogP contribution in [0.5, 0.6) is 0 Å². The quantitative estimate of drug-likeness (QED) is 0.846. The van der Waals surface area contributed by atoms with Gasteiger partial charge in [0.05, 0.1) is 6.54 Å². The summed E-state index contributed by atoms with van der Waals surface area (Å²) in [5, 5.41) is 2.72. The zero-order valence-corrected chi connectivity index (χ0v) is 11.5. The van der Waals surface area contributed by atoms with E-state index < -0.39 is 22.7 Å². The summed E-state index contributed by atoms with van der Waals surface area (Å²) in [6, 6.07) is 1.15. The van der Waals surface area contributed by atoms with Gasteiger partial charge in [0.15, 0.2) is 4.67 Å². The number of furan rings is 1. The Kier molecular flexibility index (Phi) is 4.81. The zero-order chi connectivity index (χ0) is 14.0. The van der Waals surface area contributed by atoms with Crippen LogP contribution in [-0.2, 0) is 16.6 Å². The van der Waals surface area contributed by atoms with Gasteiger partial charge in [-0.05, 0) is 23.0 Å². The van der Waals surface area contributed by atoms with Gasteiger partial charge < -0.3 is 9.73 Å². The third-order valence-corrected chi connectivity index (χ3v) is 4.07. The van der Waals surface area contributed by atoms with E-state index in [-0.39, 0.29) is 21.9 Å². The van der Waals surface area contributed by atoms with Crippen LogP contribution in [0.3, 0.4) is 0 Å². The highest BCUT2D eigenvalue weighted by molar-refractivity contribution is 9.10. The number of sulfonamides is 1. The lowest BCUT2D eigenvalue weighted by Gasteiger charge is -2.07. The molecular formula is C8H10BrF3N2O3S. The largest absolute Gasteiger partial charge is 0.452 e. The Hall–Kier alpha value is -0.580. The van der Waals surface area contributed by atoms with Crippen molar-refractivity contribution in [3.63, 3.8) is 0 Å². The standard InChI is InChI=1S/C8H10BrF3N2O3S/c1-13-3-5-2-6(7(9)17-5)18(15,16)14-4-8(10,11)12/h2,13-14H,3-4H2,1H3. The minimum Gasteiger partial charge on any atom is -0.452 e. The van der Waals surface area contributed by atoms with Crippen LogP contribution in [0.15, 0.2) is 20.0 Å². The summed E-state index contributed by atoms with van der Waals surface area (Å²) in [7, 11) is -2.64. The fourth-order valence-electron chi connectivity index (χ4n) is 1.10. The maximum Gasteiger partial charge on any atom is 0.402 e. The molecule has 0 unspecified atom stereocenters. The maximum atomic E-state index is 12.0. The first-order valence-electron chi connectivity index (χ1n) is 4.65. The molecule has 0 spiro atoms. The van der Waals surface area contributed by atoms with E-state index in [1.54, 1.807) is 7.05 Å². The van der Waals surface area contributed by atoms with Crippen molar-refractivity contribution in [1.29, 1.82) is 0 Å². The Labute approximate surface area is 110 Å². The lowest BCUT2D eigenvalue weighted by molar-refractivity contribution is -0.121. The van der Waals surface area contributed by atoms with E-state index in [2.05, 4.69) is 21.2 Å². The molecule has 0 amide bonds. The molecule has 2 N–H and O–H groups in total. The summed E-state index contributed by atoms with van der Waals surface area (Å²) in [5.74, 6) is 0.289. The molecule has 5 nitrogen and oxygen atoms in total. The van der Waals surface area contributed by atoms with Gasteiger partial charge in [0, 0.05) is 6.07 Å². The Bertz CT molecular complexity index is 512. The molecule has 0 bridgehead atoms. The molecule has 10 heteroatoms. The van der Waals surface area contributed by atoms with Crippen LogP contribution < -0.4 is 10.0 Å². The number of alkyl halides is 3. The van der Waals surface area contributed by atoms with Crippen molar-refractivity contribution in [2.45, 2.75) is 17.6 Å². The fraction of sp³-hybridized carbons (Fsp3) is 0.500. The van der Waals surface area contributed by atoms with Crippen molar-refractivity contribution in [3.05, 3.63) is 16.5 Å². The molecule has 0 aliphatic rings. The van der Waals surface area contributed by atoms with Gasteiger partial charge in [-0.1, -0.05) is 0 Å². The smallest absolute Gasteiger partial charge is 0.402 e. The molecule has 0 radical (unpaired) electrons. The topological polar surface area (TPSA) is 71.3 Å². The molecule has 1 rings (SSSR count). The molecule has 0 aromatic carbocycles. The Morgan fingerprint density at radius 1 is 1.44 bits per heavy atom. The van der Waals surface area contributed by atoms with E-state index in [9.17, 15) is 21.6 Å². The van der Waals surface area contributed by atoms with Crippen LogP contribution in [0.1, 0.15) is 5.76 Å². The Morgan fingerprint density at radius 2 is 2.06 bits per heavy atom. The molecule has 0 saturated carbocycles. The molecule has 0 aliphatic heterocycles. The van der Waals surface area contributed by atoms with Gasteiger partial charge in [0.25, 0.3) is 0 Å². The Balaban J connectivity index is 2.91. The van der Waals surface area contributed by atoms with Crippen molar-refractivity contribution in [2.75, 3.05) is 13.6 Å². The molecule has 104 valence electrons. The zero-order valence-electron chi connectivity index (χ0n) is 9.14. The number of nitrogens with one attached hydrogen (secondary N) is 2. The molecule has 0 atom stereocenters. The maximum absolute atomic E-state index is 12.0. The predicted molar refractivity (Wildman–Crippen MR) is 60.4 cm³/mol. The fourth-order valence-corrected chi connectivity index (χ4v) is 3.11. The highest BCUT2D eigenvalue weighted by Gasteiger charge is 2.31. The number of halogens is 4. The normalized spacial score (nSPS) is 12.9. The minimum absolute atomic E-state index is 0.137. The summed E-state index contributed by atoms with van der Waals surface area (Å²) < 4.78 is 65.4. The lowest BCUT2D eigenvalue weighted by Crippen LogP contribution is -2.33. The average Bonchev–Trinajstić information content (AvgIpc) is 2.57. The molecule has 18 heavy (non-hydrogen) atoms. The first kappa shape index (κ1) is 15.5. The third-order valence-electron chi connectivity index (χ3n) is 1.81. The molecule has 1 aromatic heterocycles. The molecule has 1 aromatic rings. The summed E-state index contributed by atoms with van der Waals surface area (Å²) >= 11 is 2.85. The average molecular weight is 351 g/mol. The number of rotatable bonds is 5. The Morgan fingerprint density at radius 3 is 2.56 bits per heavy atom. The van der Waals surface area contributed by atoms with Gasteiger partial charge >= 0.3 is 6.18 Å². The summed E-state index contributed by atoms with van der Waals surface area (Å²) in [4.78, 5) is -0.364. The van der Waals surface area contributed by atoms with Gasteiger partial charge in [-0.15, -0.1) is 0 Å². The summed E-state index contributed by atoms with van der Waals surface area (Å²) in [6.45, 7) is -1.37. The van der Waals surface area contributed by atoms with E-state index in [0.29, 0.717) is 0 Å². The van der Waals surface area contributed by atoms with Crippen LogP contribution in [0.2, 0.25) is 0 Å². The van der Waals surface area contributed by atoms with E-state index in [4.69, 9.17) is 4.42 Å². The third kappa shape index (κ3) is 4.26. The number of hydrogen-bond donors (Lipinski definition) is 2. The van der Waals surface area contributed by atoms with Crippen molar-refractivity contribution in [3.8, 4) is 0 Å². The van der Waals surface area contributed by atoms with Crippen LogP contribution in [-0.4, -0.2) is 28.2 Å². The van der Waals surface area contributed by atoms with Gasteiger partial charge in [-0.3, -0.25) is 0 Å². The summed E-state index contributed by atoms with van der Waals surface area (Å²) in [6.07, 6.45) is -4.61. The molecular weight excluding hydrogens is 341 g/mol. The molecule has 0 saturated heterocycles. The van der Waals surface area contributed by atoms with Crippen molar-refractivity contribution < 1.29 is 26.0 Å². The second-order valence-electron chi connectivity index (χ2n) is 3.32. The van der Waals surface area contributed by atoms with Gasteiger partial charge in [0.1, 0.15) is 17.2 Å². The van der Waals surface area contributed by atoms with E-state index in [1.165, 1.54) is 4.72 Å². The second-order valence-corrected chi connectivity index (χ2v) is 5.78. The van der Waals surface area contributed by atoms with E-state index in [0.717, 1.165) is 6.07 Å². The van der Waals surface area contributed by atoms with Crippen LogP contribution in [0.25, 0.3) is 0 Å². The second kappa shape index (κ2) is 5.59. The van der Waals surface area contributed by atoms with Gasteiger partial charge in [-0.2, -0.15) is 13.2 Å². The SMILES string of the molecule is CNCc1cc(S(=O)(=O)NCC(F)(F)F)c(Br)o1. The van der Waals surface area contributed by atoms with Crippen molar-refractivity contribution >= 4 is 26.0 Å². The van der Waals surface area contributed by atoms with Gasteiger partial charge in [-0.25, -0.2) is 13.1 Å². The predicted octanol–water partition coefficient (Wildman–Crippen LogP) is 1.60. The summed E-state index contributed by atoms with van der Waals surface area (Å²) in [5.41, 5.74) is 0. The molecule has 1 heterocycles. The number of hydrogen-bond acceptors (Lipinski definition) is 4. The molecule has 0 fully saturated rings. The van der Waals surface area contributed by atoms with E-state index >= 15 is 0 Å². The highest BCUT2D eigenvalue weighted by atomic mass is 79.9.